The van der Waals surface area contributed by atoms with Crippen molar-refractivity contribution in [2.45, 2.75) is 45.2 Å². The molecule has 0 bridgehead atoms. The van der Waals surface area contributed by atoms with Crippen molar-refractivity contribution < 1.29 is 4.42 Å². The molecule has 1 atom stereocenters. The van der Waals surface area contributed by atoms with Crippen LogP contribution in [0.5, 0.6) is 0 Å². The maximum absolute atomic E-state index is 5.66. The molecule has 0 spiro atoms. The lowest BCUT2D eigenvalue weighted by atomic mass is 10.1. The minimum Gasteiger partial charge on any atom is -0.468 e. The van der Waals surface area contributed by atoms with Crippen molar-refractivity contribution in [1.82, 2.24) is 20.9 Å². The van der Waals surface area contributed by atoms with Gasteiger partial charge < -0.3 is 20.4 Å². The predicted molar refractivity (Wildman–Crippen MR) is 115 cm³/mol. The molecule has 1 aliphatic heterocycles. The Balaban J connectivity index is 0.00000312. The first-order valence-electron chi connectivity index (χ1n) is 8.96. The number of nitrogens with one attached hydrogen (secondary N) is 3. The largest absolute Gasteiger partial charge is 0.468 e. The molecular formula is C18H34IN5O. The summed E-state index contributed by atoms with van der Waals surface area (Å²) < 4.78 is 5.66. The normalized spacial score (nSPS) is 17.2. The summed E-state index contributed by atoms with van der Waals surface area (Å²) in [6, 6.07) is 4.28. The molecule has 0 aromatic carbocycles. The molecule has 1 fully saturated rings. The number of hydrogen-bond donors (Lipinski definition) is 3. The maximum atomic E-state index is 5.66. The van der Waals surface area contributed by atoms with Gasteiger partial charge in [-0.15, -0.1) is 24.0 Å². The zero-order valence-electron chi connectivity index (χ0n) is 16.0. The molecule has 2 rings (SSSR count). The van der Waals surface area contributed by atoms with E-state index in [2.05, 4.69) is 52.7 Å². The Kier molecular flexibility index (Phi) is 9.81. The molecule has 7 heteroatoms. The van der Waals surface area contributed by atoms with Crippen molar-refractivity contribution >= 4 is 29.9 Å². The molecule has 144 valence electrons. The van der Waals surface area contributed by atoms with Crippen LogP contribution < -0.4 is 16.0 Å². The number of aliphatic imine (C=N–C) groups is 1. The number of halogens is 1. The molecule has 0 saturated carbocycles. The Labute approximate surface area is 169 Å². The summed E-state index contributed by atoms with van der Waals surface area (Å²) in [6.45, 7) is 11.3. The predicted octanol–water partition coefficient (Wildman–Crippen LogP) is 2.59. The van der Waals surface area contributed by atoms with Crippen LogP contribution in [0, 0.1) is 0 Å². The van der Waals surface area contributed by atoms with Crippen molar-refractivity contribution in [3.8, 4) is 0 Å². The van der Waals surface area contributed by atoms with E-state index in [1.165, 1.54) is 12.8 Å². The maximum Gasteiger partial charge on any atom is 0.191 e. The van der Waals surface area contributed by atoms with E-state index in [1.54, 1.807) is 6.26 Å². The smallest absolute Gasteiger partial charge is 0.191 e. The average molecular weight is 463 g/mol. The number of furan rings is 1. The fraction of sp³-hybridized carbons (Fsp3) is 0.722. The molecule has 0 amide bonds. The quantitative estimate of drug-likeness (QED) is 0.251. The van der Waals surface area contributed by atoms with Gasteiger partial charge in [-0.1, -0.05) is 0 Å². The Morgan fingerprint density at radius 3 is 2.52 bits per heavy atom. The van der Waals surface area contributed by atoms with E-state index < -0.39 is 0 Å². The minimum atomic E-state index is 0. The third kappa shape index (κ3) is 7.96. The summed E-state index contributed by atoms with van der Waals surface area (Å²) in [5.41, 5.74) is 0.138. The van der Waals surface area contributed by atoms with E-state index >= 15 is 0 Å². The highest BCUT2D eigenvalue weighted by Crippen LogP contribution is 2.24. The highest BCUT2D eigenvalue weighted by atomic mass is 127. The van der Waals surface area contributed by atoms with Gasteiger partial charge in [0.05, 0.1) is 12.3 Å². The second kappa shape index (κ2) is 11.0. The van der Waals surface area contributed by atoms with Crippen molar-refractivity contribution in [2.75, 3.05) is 39.8 Å². The van der Waals surface area contributed by atoms with Crippen molar-refractivity contribution in [1.29, 1.82) is 0 Å². The molecule has 1 aromatic heterocycles. The number of guanidine groups is 1. The van der Waals surface area contributed by atoms with Gasteiger partial charge in [0.25, 0.3) is 0 Å². The van der Waals surface area contributed by atoms with Crippen LogP contribution >= 0.6 is 24.0 Å². The van der Waals surface area contributed by atoms with Crippen molar-refractivity contribution in [3.05, 3.63) is 24.2 Å². The van der Waals surface area contributed by atoms with E-state index in [1.807, 2.05) is 13.1 Å². The lowest BCUT2D eigenvalue weighted by Gasteiger charge is -2.27. The SMILES string of the molecule is CN=C(NCCNC(C)(C)C)NCC(c1ccco1)N1CCCC1.I. The highest BCUT2D eigenvalue weighted by molar-refractivity contribution is 14.0. The summed E-state index contributed by atoms with van der Waals surface area (Å²) in [7, 11) is 1.81. The van der Waals surface area contributed by atoms with E-state index in [0.717, 1.165) is 44.4 Å². The minimum absolute atomic E-state index is 0. The second-order valence-electron chi connectivity index (χ2n) is 7.33. The van der Waals surface area contributed by atoms with Crippen LogP contribution in [0.25, 0.3) is 0 Å². The van der Waals surface area contributed by atoms with Crippen molar-refractivity contribution in [2.24, 2.45) is 4.99 Å². The Morgan fingerprint density at radius 1 is 1.24 bits per heavy atom. The molecule has 3 N–H and O–H groups in total. The second-order valence-corrected chi connectivity index (χ2v) is 7.33. The summed E-state index contributed by atoms with van der Waals surface area (Å²) in [4.78, 5) is 6.81. The van der Waals surface area contributed by atoms with Crippen LogP contribution in [0.1, 0.15) is 45.4 Å². The number of hydrogen-bond acceptors (Lipinski definition) is 4. The molecule has 0 aliphatic carbocycles. The van der Waals surface area contributed by atoms with E-state index in [9.17, 15) is 0 Å². The Morgan fingerprint density at radius 2 is 1.96 bits per heavy atom. The van der Waals surface area contributed by atoms with Gasteiger partial charge in [-0.25, -0.2) is 0 Å². The zero-order valence-corrected chi connectivity index (χ0v) is 18.3. The molecule has 6 nitrogen and oxygen atoms in total. The molecular weight excluding hydrogens is 429 g/mol. The first-order chi connectivity index (χ1) is 11.5. The third-order valence-electron chi connectivity index (χ3n) is 4.21. The monoisotopic (exact) mass is 463 g/mol. The van der Waals surface area contributed by atoms with Crippen LogP contribution in [0.15, 0.2) is 27.8 Å². The highest BCUT2D eigenvalue weighted by Gasteiger charge is 2.25. The summed E-state index contributed by atoms with van der Waals surface area (Å²) in [6.07, 6.45) is 4.29. The summed E-state index contributed by atoms with van der Waals surface area (Å²) in [5, 5.41) is 10.3. The fourth-order valence-electron chi connectivity index (χ4n) is 2.98. The van der Waals surface area contributed by atoms with Gasteiger partial charge in [-0.05, 0) is 58.8 Å². The van der Waals surface area contributed by atoms with Gasteiger partial charge in [-0.2, -0.15) is 0 Å². The molecule has 1 aromatic rings. The van der Waals surface area contributed by atoms with E-state index in [0.29, 0.717) is 0 Å². The van der Waals surface area contributed by atoms with Crippen molar-refractivity contribution in [3.63, 3.8) is 0 Å². The van der Waals surface area contributed by atoms with Gasteiger partial charge in [-0.3, -0.25) is 9.89 Å². The number of nitrogens with zero attached hydrogens (tertiary/aromatic N) is 2. The first kappa shape index (κ1) is 22.2. The van der Waals surface area contributed by atoms with Gasteiger partial charge in [0.2, 0.25) is 0 Å². The number of rotatable bonds is 7. The molecule has 1 aliphatic rings. The molecule has 1 saturated heterocycles. The lowest BCUT2D eigenvalue weighted by Crippen LogP contribution is -2.46. The Bertz CT molecular complexity index is 492. The van der Waals surface area contributed by atoms with Crippen LogP contribution in [0.2, 0.25) is 0 Å². The number of likely N-dealkylation sites (tertiary alicyclic amines) is 1. The fourth-order valence-corrected chi connectivity index (χ4v) is 2.98. The van der Waals surface area contributed by atoms with Gasteiger partial charge >= 0.3 is 0 Å². The first-order valence-corrected chi connectivity index (χ1v) is 8.96. The average Bonchev–Trinajstić information content (AvgIpc) is 3.22. The van der Waals surface area contributed by atoms with Crippen LogP contribution in [0.3, 0.4) is 0 Å². The molecule has 0 radical (unpaired) electrons. The Hall–Kier alpha value is -0.800. The van der Waals surface area contributed by atoms with Gasteiger partial charge in [0, 0.05) is 32.2 Å². The van der Waals surface area contributed by atoms with Crippen LogP contribution in [0.4, 0.5) is 0 Å². The standard InChI is InChI=1S/C18H33N5O.HI/c1-18(2,3)22-10-9-20-17(19-4)21-14-15(16-8-7-13-24-16)23-11-5-6-12-23;/h7-8,13,15,22H,5-6,9-12,14H2,1-4H3,(H2,19,20,21);1H. The lowest BCUT2D eigenvalue weighted by molar-refractivity contribution is 0.215. The molecule has 25 heavy (non-hydrogen) atoms. The van der Waals surface area contributed by atoms with Crippen LogP contribution in [-0.2, 0) is 0 Å². The summed E-state index contributed by atoms with van der Waals surface area (Å²) in [5.74, 6) is 1.86. The molecule has 2 heterocycles. The summed E-state index contributed by atoms with van der Waals surface area (Å²) >= 11 is 0. The van der Waals surface area contributed by atoms with Gasteiger partial charge in [0.15, 0.2) is 5.96 Å². The van der Waals surface area contributed by atoms with E-state index in [4.69, 9.17) is 4.42 Å². The zero-order chi connectivity index (χ0) is 17.4. The van der Waals surface area contributed by atoms with Crippen LogP contribution in [-0.4, -0.2) is 56.2 Å². The third-order valence-corrected chi connectivity index (χ3v) is 4.21. The molecule has 1 unspecified atom stereocenters. The van der Waals surface area contributed by atoms with E-state index in [-0.39, 0.29) is 35.6 Å². The topological polar surface area (TPSA) is 64.8 Å². The van der Waals surface area contributed by atoms with Gasteiger partial charge in [0.1, 0.15) is 5.76 Å².